The summed E-state index contributed by atoms with van der Waals surface area (Å²) in [6.07, 6.45) is 0. The monoisotopic (exact) mass is 576 g/mol. The highest BCUT2D eigenvalue weighted by molar-refractivity contribution is 9.10. The van der Waals surface area contributed by atoms with Gasteiger partial charge in [0.2, 0.25) is 0 Å². The van der Waals surface area contributed by atoms with Crippen molar-refractivity contribution in [2.24, 2.45) is 0 Å². The van der Waals surface area contributed by atoms with Crippen LogP contribution in [0.25, 0.3) is 55.0 Å². The average molecular weight is 578 g/mol. The lowest BCUT2D eigenvalue weighted by atomic mass is 10.1. The number of hydrogen-bond donors (Lipinski definition) is 0. The standard InChI is InChI=1S/C34H26BrClN2/c1-19-5-9-24-25-10-6-20(2)14-30(25)37(29(24)13-19)23-17-28(35)34(36)33(18-23)38-31-15-21(3)7-11-26(31)27-12-8-22(4)16-32(27)38/h5-18H,1-4H3. The molecule has 0 fully saturated rings. The highest BCUT2D eigenvalue weighted by Gasteiger charge is 2.20. The second kappa shape index (κ2) is 8.49. The van der Waals surface area contributed by atoms with Crippen LogP contribution in [0.1, 0.15) is 22.3 Å². The van der Waals surface area contributed by atoms with E-state index in [0.29, 0.717) is 5.02 Å². The Morgan fingerprint density at radius 2 is 0.868 bits per heavy atom. The van der Waals surface area contributed by atoms with Crippen LogP contribution in [-0.2, 0) is 0 Å². The fourth-order valence-corrected chi connectivity index (χ4v) is 6.50. The van der Waals surface area contributed by atoms with Gasteiger partial charge in [-0.1, -0.05) is 60.1 Å². The third-order valence-electron chi connectivity index (χ3n) is 7.65. The summed E-state index contributed by atoms with van der Waals surface area (Å²) >= 11 is 10.9. The van der Waals surface area contributed by atoms with Crippen LogP contribution in [0.3, 0.4) is 0 Å². The number of rotatable bonds is 2. The molecule has 0 bridgehead atoms. The summed E-state index contributed by atoms with van der Waals surface area (Å²) in [6.45, 7) is 8.59. The van der Waals surface area contributed by atoms with E-state index < -0.39 is 0 Å². The minimum Gasteiger partial charge on any atom is -0.309 e. The van der Waals surface area contributed by atoms with Crippen molar-refractivity contribution in [1.29, 1.82) is 0 Å². The highest BCUT2D eigenvalue weighted by atomic mass is 79.9. The number of aryl methyl sites for hydroxylation is 4. The molecule has 7 rings (SSSR count). The van der Waals surface area contributed by atoms with Gasteiger partial charge in [-0.2, -0.15) is 0 Å². The molecule has 38 heavy (non-hydrogen) atoms. The topological polar surface area (TPSA) is 9.86 Å². The van der Waals surface area contributed by atoms with Gasteiger partial charge in [0.1, 0.15) is 0 Å². The Morgan fingerprint density at radius 1 is 0.500 bits per heavy atom. The van der Waals surface area contributed by atoms with Crippen LogP contribution < -0.4 is 0 Å². The SMILES string of the molecule is Cc1ccc2c3ccc(C)cc3n(-c3cc(Br)c(Cl)c(-n4c5cc(C)ccc5c5ccc(C)cc54)c3)c2c1. The van der Waals surface area contributed by atoms with Crippen molar-refractivity contribution >= 4 is 71.1 Å². The van der Waals surface area contributed by atoms with Crippen LogP contribution in [0.2, 0.25) is 5.02 Å². The summed E-state index contributed by atoms with van der Waals surface area (Å²) in [6, 6.07) is 31.1. The summed E-state index contributed by atoms with van der Waals surface area (Å²) in [5.41, 5.74) is 11.6. The third-order valence-corrected chi connectivity index (χ3v) is 8.90. The number of fused-ring (bicyclic) bond motifs is 6. The highest BCUT2D eigenvalue weighted by Crippen LogP contribution is 2.41. The van der Waals surface area contributed by atoms with Gasteiger partial charge in [0, 0.05) is 31.7 Å². The Labute approximate surface area is 235 Å². The summed E-state index contributed by atoms with van der Waals surface area (Å²) in [7, 11) is 0. The third kappa shape index (κ3) is 3.46. The molecule has 0 N–H and O–H groups in total. The maximum atomic E-state index is 7.11. The molecule has 0 radical (unpaired) electrons. The smallest absolute Gasteiger partial charge is 0.0790 e. The van der Waals surface area contributed by atoms with Crippen LogP contribution >= 0.6 is 27.5 Å². The van der Waals surface area contributed by atoms with E-state index in [1.807, 2.05) is 0 Å². The Hall–Kier alpha value is -3.53. The zero-order chi connectivity index (χ0) is 26.3. The van der Waals surface area contributed by atoms with Crippen LogP contribution in [-0.4, -0.2) is 9.13 Å². The van der Waals surface area contributed by atoms with Gasteiger partial charge in [-0.15, -0.1) is 0 Å². The molecule has 7 aromatic rings. The molecule has 0 unspecified atom stereocenters. The Morgan fingerprint density at radius 3 is 1.26 bits per heavy atom. The lowest BCUT2D eigenvalue weighted by molar-refractivity contribution is 1.13. The number of halogens is 2. The van der Waals surface area contributed by atoms with E-state index in [4.69, 9.17) is 11.6 Å². The van der Waals surface area contributed by atoms with Crippen LogP contribution in [0, 0.1) is 27.7 Å². The fourth-order valence-electron chi connectivity index (χ4n) is 5.87. The Balaban J connectivity index is 1.63. The summed E-state index contributed by atoms with van der Waals surface area (Å²) in [5, 5.41) is 5.66. The van der Waals surface area contributed by atoms with Crippen molar-refractivity contribution in [3.05, 3.63) is 117 Å². The molecule has 2 nitrogen and oxygen atoms in total. The molecule has 2 aromatic heterocycles. The van der Waals surface area contributed by atoms with E-state index in [0.717, 1.165) is 26.9 Å². The number of hydrogen-bond acceptors (Lipinski definition) is 0. The van der Waals surface area contributed by atoms with Crippen LogP contribution in [0.15, 0.2) is 89.4 Å². The van der Waals surface area contributed by atoms with Crippen LogP contribution in [0.4, 0.5) is 0 Å². The van der Waals surface area contributed by atoms with Gasteiger partial charge >= 0.3 is 0 Å². The molecule has 0 aliphatic carbocycles. The summed E-state index contributed by atoms with van der Waals surface area (Å²) in [4.78, 5) is 0. The fraction of sp³-hybridized carbons (Fsp3) is 0.118. The Kier molecular flexibility index (Phi) is 5.27. The molecule has 186 valence electrons. The lowest BCUT2D eigenvalue weighted by Crippen LogP contribution is -2.01. The van der Waals surface area contributed by atoms with Crippen molar-refractivity contribution in [1.82, 2.24) is 9.13 Å². The first-order valence-electron chi connectivity index (χ1n) is 12.8. The predicted molar refractivity (Wildman–Crippen MR) is 167 cm³/mol. The molecule has 0 aliphatic rings. The first-order valence-corrected chi connectivity index (χ1v) is 14.0. The van der Waals surface area contributed by atoms with Gasteiger partial charge in [0.15, 0.2) is 0 Å². The van der Waals surface area contributed by atoms with E-state index in [2.05, 4.69) is 138 Å². The summed E-state index contributed by atoms with van der Waals surface area (Å²) < 4.78 is 5.57. The van der Waals surface area contributed by atoms with E-state index in [9.17, 15) is 0 Å². The zero-order valence-corrected chi connectivity index (χ0v) is 24.1. The van der Waals surface area contributed by atoms with Crippen molar-refractivity contribution < 1.29 is 0 Å². The molecule has 5 aromatic carbocycles. The number of benzene rings is 5. The van der Waals surface area contributed by atoms with Crippen LogP contribution in [0.5, 0.6) is 0 Å². The molecule has 4 heteroatoms. The van der Waals surface area contributed by atoms with Gasteiger partial charge < -0.3 is 9.13 Å². The van der Waals surface area contributed by atoms with E-state index in [1.54, 1.807) is 0 Å². The molecule has 0 atom stereocenters. The van der Waals surface area contributed by atoms with E-state index >= 15 is 0 Å². The van der Waals surface area contributed by atoms with Gasteiger partial charge in [0.25, 0.3) is 0 Å². The van der Waals surface area contributed by atoms with E-state index in [-0.39, 0.29) is 0 Å². The predicted octanol–water partition coefficient (Wildman–Crippen LogP) is 10.5. The minimum absolute atomic E-state index is 0.698. The Bertz CT molecular complexity index is 1980. The largest absolute Gasteiger partial charge is 0.309 e. The van der Waals surface area contributed by atoms with Crippen molar-refractivity contribution in [2.75, 3.05) is 0 Å². The molecular formula is C34H26BrClN2. The molecule has 2 heterocycles. The van der Waals surface area contributed by atoms with Crippen molar-refractivity contribution in [2.45, 2.75) is 27.7 Å². The molecule has 0 aliphatic heterocycles. The number of aromatic nitrogens is 2. The van der Waals surface area contributed by atoms with Gasteiger partial charge in [-0.25, -0.2) is 0 Å². The molecular weight excluding hydrogens is 552 g/mol. The second-order valence-corrected chi connectivity index (χ2v) is 11.7. The molecule has 0 amide bonds. The zero-order valence-electron chi connectivity index (χ0n) is 21.7. The van der Waals surface area contributed by atoms with Gasteiger partial charge in [-0.05, 0) is 102 Å². The molecule has 0 saturated heterocycles. The average Bonchev–Trinajstić information content (AvgIpc) is 3.36. The van der Waals surface area contributed by atoms with Gasteiger partial charge in [-0.3, -0.25) is 0 Å². The summed E-state index contributed by atoms with van der Waals surface area (Å²) in [5.74, 6) is 0. The first kappa shape index (κ1) is 23.6. The van der Waals surface area contributed by atoms with Crippen molar-refractivity contribution in [3.63, 3.8) is 0 Å². The molecule has 0 spiro atoms. The number of nitrogens with zero attached hydrogens (tertiary/aromatic N) is 2. The van der Waals surface area contributed by atoms with E-state index in [1.165, 1.54) is 54.8 Å². The normalized spacial score (nSPS) is 11.9. The second-order valence-electron chi connectivity index (χ2n) is 10.5. The quantitative estimate of drug-likeness (QED) is 0.193. The maximum Gasteiger partial charge on any atom is 0.0790 e. The minimum atomic E-state index is 0.698. The maximum absolute atomic E-state index is 7.11. The first-order chi connectivity index (χ1) is 18.3. The molecule has 0 saturated carbocycles. The van der Waals surface area contributed by atoms with Gasteiger partial charge in [0.05, 0.1) is 32.8 Å². The van der Waals surface area contributed by atoms with Crippen molar-refractivity contribution in [3.8, 4) is 11.4 Å². The lowest BCUT2D eigenvalue weighted by Gasteiger charge is -2.16.